The number of aromatic nitrogens is 2. The number of benzene rings is 2. The Labute approximate surface area is 196 Å². The van der Waals surface area contributed by atoms with Gasteiger partial charge in [0.1, 0.15) is 35.0 Å². The molecule has 4 rings (SSSR count). The Kier molecular flexibility index (Phi) is 7.04. The van der Waals surface area contributed by atoms with Crippen molar-refractivity contribution in [2.45, 2.75) is 57.5 Å². The maximum atomic E-state index is 14.4. The molecule has 1 aliphatic carbocycles. The van der Waals surface area contributed by atoms with Gasteiger partial charge in [0.05, 0.1) is 37.8 Å². The van der Waals surface area contributed by atoms with Gasteiger partial charge in [-0.3, -0.25) is 4.68 Å². The fraction of sp³-hybridized carbons (Fsp3) is 0.440. The third-order valence-electron chi connectivity index (χ3n) is 6.41. The minimum absolute atomic E-state index is 0.00909. The summed E-state index contributed by atoms with van der Waals surface area (Å²) in [5.74, 6) is -0.599. The van der Waals surface area contributed by atoms with Crippen molar-refractivity contribution in [3.05, 3.63) is 53.0 Å². The van der Waals surface area contributed by atoms with Crippen molar-refractivity contribution >= 4 is 16.9 Å². The van der Waals surface area contributed by atoms with E-state index < -0.39 is 24.0 Å². The molecule has 1 heterocycles. The number of aromatic carboxylic acids is 1. The molecule has 34 heavy (non-hydrogen) atoms. The zero-order chi connectivity index (χ0) is 24.4. The van der Waals surface area contributed by atoms with E-state index in [2.05, 4.69) is 5.10 Å². The van der Waals surface area contributed by atoms with Crippen molar-refractivity contribution in [3.8, 4) is 11.5 Å². The summed E-state index contributed by atoms with van der Waals surface area (Å²) >= 11 is 0. The van der Waals surface area contributed by atoms with E-state index in [9.17, 15) is 19.4 Å². The number of methoxy groups -OCH3 is 2. The number of carboxylic acids is 1. The van der Waals surface area contributed by atoms with Gasteiger partial charge in [0.15, 0.2) is 0 Å². The third kappa shape index (κ3) is 4.71. The molecule has 0 radical (unpaired) electrons. The molecule has 9 heteroatoms. The molecule has 1 aliphatic rings. The van der Waals surface area contributed by atoms with Crippen molar-refractivity contribution in [3.63, 3.8) is 0 Å². The van der Waals surface area contributed by atoms with Crippen LogP contribution in [-0.4, -0.2) is 52.4 Å². The van der Waals surface area contributed by atoms with E-state index in [-0.39, 0.29) is 29.1 Å². The van der Waals surface area contributed by atoms with Gasteiger partial charge >= 0.3 is 5.97 Å². The first kappa shape index (κ1) is 24.0. The highest BCUT2D eigenvalue weighted by atomic mass is 19.1. The molecule has 2 N–H and O–H groups in total. The number of nitrogens with zero attached hydrogens (tertiary/aromatic N) is 2. The van der Waals surface area contributed by atoms with Crippen molar-refractivity contribution in [1.82, 2.24) is 9.78 Å². The molecule has 0 unspecified atom stereocenters. The summed E-state index contributed by atoms with van der Waals surface area (Å²) in [5.41, 5.74) is 1.33. The molecule has 0 aliphatic heterocycles. The lowest BCUT2D eigenvalue weighted by molar-refractivity contribution is -0.0845. The van der Waals surface area contributed by atoms with Gasteiger partial charge in [-0.2, -0.15) is 5.10 Å². The quantitative estimate of drug-likeness (QED) is 0.480. The third-order valence-corrected chi connectivity index (χ3v) is 6.41. The first-order valence-corrected chi connectivity index (χ1v) is 11.3. The second-order valence-corrected chi connectivity index (χ2v) is 8.59. The number of aliphatic hydroxyl groups excluding tert-OH is 1. The molecule has 3 aromatic rings. The SMILES string of the molecule is COc1cc([C@@H](O)[C@H](Cn2cc3c(F)ccc(C(=O)O)c3n2)OC2CCCC2)cc(OC)c1C. The highest BCUT2D eigenvalue weighted by Gasteiger charge is 2.29. The molecular formula is C25H29FN2O6. The summed E-state index contributed by atoms with van der Waals surface area (Å²) in [5, 5.41) is 25.2. The van der Waals surface area contributed by atoms with Gasteiger partial charge in [0, 0.05) is 11.8 Å². The van der Waals surface area contributed by atoms with Crippen LogP contribution in [0.2, 0.25) is 0 Å². The highest BCUT2D eigenvalue weighted by molar-refractivity contribution is 6.01. The highest BCUT2D eigenvalue weighted by Crippen LogP contribution is 2.35. The van der Waals surface area contributed by atoms with E-state index in [0.717, 1.165) is 37.3 Å². The van der Waals surface area contributed by atoms with E-state index in [4.69, 9.17) is 14.2 Å². The maximum absolute atomic E-state index is 14.4. The summed E-state index contributed by atoms with van der Waals surface area (Å²) in [6, 6.07) is 5.80. The van der Waals surface area contributed by atoms with Gasteiger partial charge in [-0.1, -0.05) is 12.8 Å². The smallest absolute Gasteiger partial charge is 0.337 e. The van der Waals surface area contributed by atoms with Crippen LogP contribution in [0, 0.1) is 12.7 Å². The van der Waals surface area contributed by atoms with Crippen molar-refractivity contribution < 1.29 is 33.6 Å². The lowest BCUT2D eigenvalue weighted by Gasteiger charge is -2.27. The Morgan fingerprint density at radius 2 is 1.85 bits per heavy atom. The molecular weight excluding hydrogens is 443 g/mol. The Balaban J connectivity index is 1.70. The average Bonchev–Trinajstić information content (AvgIpc) is 3.48. The molecule has 8 nitrogen and oxygen atoms in total. The minimum Gasteiger partial charge on any atom is -0.496 e. The van der Waals surface area contributed by atoms with Crippen molar-refractivity contribution in [1.29, 1.82) is 0 Å². The largest absolute Gasteiger partial charge is 0.496 e. The average molecular weight is 473 g/mol. The van der Waals surface area contributed by atoms with Crippen LogP contribution in [0.1, 0.15) is 53.3 Å². The van der Waals surface area contributed by atoms with E-state index in [0.29, 0.717) is 17.1 Å². The van der Waals surface area contributed by atoms with Crippen molar-refractivity contribution in [2.75, 3.05) is 14.2 Å². The topological polar surface area (TPSA) is 103 Å². The number of aliphatic hydroxyl groups is 1. The van der Waals surface area contributed by atoms with Crippen LogP contribution in [0.5, 0.6) is 11.5 Å². The molecule has 0 saturated heterocycles. The van der Waals surface area contributed by atoms with Crippen LogP contribution in [0.3, 0.4) is 0 Å². The summed E-state index contributed by atoms with van der Waals surface area (Å²) in [6.07, 6.45) is 3.56. The first-order valence-electron chi connectivity index (χ1n) is 11.3. The molecule has 0 bridgehead atoms. The lowest BCUT2D eigenvalue weighted by Crippen LogP contribution is -2.31. The number of hydrogen-bond donors (Lipinski definition) is 2. The number of hydrogen-bond acceptors (Lipinski definition) is 6. The number of rotatable bonds is 9. The van der Waals surface area contributed by atoms with Crippen LogP contribution in [0.4, 0.5) is 4.39 Å². The number of fused-ring (bicyclic) bond motifs is 1. The van der Waals surface area contributed by atoms with Crippen LogP contribution in [0.25, 0.3) is 10.9 Å². The monoisotopic (exact) mass is 472 g/mol. The molecule has 1 saturated carbocycles. The van der Waals surface area contributed by atoms with Gasteiger partial charge in [-0.15, -0.1) is 0 Å². The van der Waals surface area contributed by atoms with Gasteiger partial charge in [0.2, 0.25) is 0 Å². The second-order valence-electron chi connectivity index (χ2n) is 8.59. The Morgan fingerprint density at radius 1 is 1.21 bits per heavy atom. The maximum Gasteiger partial charge on any atom is 0.337 e. The number of carboxylic acid groups (broad SMARTS) is 1. The predicted octanol–water partition coefficient (Wildman–Crippen LogP) is 4.26. The molecule has 1 fully saturated rings. The zero-order valence-corrected chi connectivity index (χ0v) is 19.5. The lowest BCUT2D eigenvalue weighted by atomic mass is 10.0. The standard InChI is InChI=1S/C25H29FN2O6/c1-14-20(32-2)10-15(11-21(14)33-3)24(29)22(34-16-6-4-5-7-16)13-28-12-18-19(26)9-8-17(25(30)31)23(18)27-28/h8-12,16,22,24,29H,4-7,13H2,1-3H3,(H,30,31)/t22-,24+/m0/s1. The number of ether oxygens (including phenoxy) is 3. The Hall–Kier alpha value is -3.17. The van der Waals surface area contributed by atoms with E-state index in [1.54, 1.807) is 26.4 Å². The number of carbonyl (C=O) groups is 1. The fourth-order valence-corrected chi connectivity index (χ4v) is 4.55. The first-order chi connectivity index (χ1) is 16.3. The predicted molar refractivity (Wildman–Crippen MR) is 123 cm³/mol. The molecule has 2 atom stereocenters. The van der Waals surface area contributed by atoms with E-state index >= 15 is 0 Å². The normalized spacial score (nSPS) is 16.0. The van der Waals surface area contributed by atoms with Crippen LogP contribution in [0.15, 0.2) is 30.5 Å². The molecule has 2 aromatic carbocycles. The van der Waals surface area contributed by atoms with Crippen LogP contribution in [-0.2, 0) is 11.3 Å². The van der Waals surface area contributed by atoms with Gasteiger partial charge in [0.25, 0.3) is 0 Å². The minimum atomic E-state index is -1.19. The van der Waals surface area contributed by atoms with Gasteiger partial charge in [-0.05, 0) is 49.6 Å². The van der Waals surface area contributed by atoms with Gasteiger partial charge < -0.3 is 24.4 Å². The summed E-state index contributed by atoms with van der Waals surface area (Å²) < 4.78 is 33.0. The van der Waals surface area contributed by atoms with Crippen LogP contribution >= 0.6 is 0 Å². The van der Waals surface area contributed by atoms with Crippen molar-refractivity contribution in [2.24, 2.45) is 0 Å². The summed E-state index contributed by atoms with van der Waals surface area (Å²) in [7, 11) is 3.10. The Bertz CT molecular complexity index is 1160. The summed E-state index contributed by atoms with van der Waals surface area (Å²) in [4.78, 5) is 11.6. The zero-order valence-electron chi connectivity index (χ0n) is 19.5. The van der Waals surface area contributed by atoms with Crippen LogP contribution < -0.4 is 9.47 Å². The summed E-state index contributed by atoms with van der Waals surface area (Å²) in [6.45, 7) is 1.97. The molecule has 0 amide bonds. The second kappa shape index (κ2) is 9.99. The molecule has 0 spiro atoms. The van der Waals surface area contributed by atoms with E-state index in [1.807, 2.05) is 6.92 Å². The molecule has 182 valence electrons. The molecule has 1 aromatic heterocycles. The fourth-order valence-electron chi connectivity index (χ4n) is 4.55. The number of halogens is 1. The Morgan fingerprint density at radius 3 is 2.44 bits per heavy atom. The van der Waals surface area contributed by atoms with Gasteiger partial charge in [-0.25, -0.2) is 9.18 Å². The van der Waals surface area contributed by atoms with E-state index in [1.165, 1.54) is 16.9 Å².